The minimum absolute atomic E-state index is 0. The van der Waals surface area contributed by atoms with E-state index in [2.05, 4.69) is 36.3 Å². The molecule has 1 fully saturated rings. The van der Waals surface area contributed by atoms with Crippen molar-refractivity contribution in [1.82, 2.24) is 15.5 Å². The molecule has 1 rings (SSSR count). The van der Waals surface area contributed by atoms with Crippen molar-refractivity contribution < 1.29 is 4.79 Å². The van der Waals surface area contributed by atoms with E-state index in [1.807, 2.05) is 25.6 Å². The Kier molecular flexibility index (Phi) is 9.12. The van der Waals surface area contributed by atoms with Gasteiger partial charge < -0.3 is 15.5 Å². The number of guanidine groups is 1. The lowest BCUT2D eigenvalue weighted by Crippen LogP contribution is -2.51. The predicted octanol–water partition coefficient (Wildman–Crippen LogP) is 2.17. The summed E-state index contributed by atoms with van der Waals surface area (Å²) in [6.45, 7) is 13.8. The lowest BCUT2D eigenvalue weighted by molar-refractivity contribution is -0.128. The minimum atomic E-state index is -0.491. The number of rotatable bonds is 4. The molecule has 0 aromatic rings. The van der Waals surface area contributed by atoms with E-state index in [9.17, 15) is 4.79 Å². The number of hydrogen-bond acceptors (Lipinski definition) is 3. The third-order valence-electron chi connectivity index (χ3n) is 3.53. The maximum atomic E-state index is 11.9. The number of carbonyl (C=O) groups is 1. The van der Waals surface area contributed by atoms with Gasteiger partial charge in [0.05, 0.1) is 12.0 Å². The fourth-order valence-corrected chi connectivity index (χ4v) is 3.42. The number of amides is 1. The minimum Gasteiger partial charge on any atom is -0.359 e. The second-order valence-electron chi connectivity index (χ2n) is 6.66. The zero-order valence-electron chi connectivity index (χ0n) is 14.7. The third-order valence-corrected chi connectivity index (χ3v) is 4.82. The fourth-order valence-electron chi connectivity index (χ4n) is 2.31. The Balaban J connectivity index is 0.00000441. The van der Waals surface area contributed by atoms with Crippen LogP contribution in [0.15, 0.2) is 4.99 Å². The first-order chi connectivity index (χ1) is 9.72. The van der Waals surface area contributed by atoms with Crippen LogP contribution >= 0.6 is 35.7 Å². The maximum Gasteiger partial charge on any atom is 0.227 e. The van der Waals surface area contributed by atoms with Crippen LogP contribution in [-0.4, -0.2) is 60.5 Å². The summed E-state index contributed by atoms with van der Waals surface area (Å²) in [6, 6.07) is 0. The first-order valence-corrected chi connectivity index (χ1v) is 8.60. The molecule has 130 valence electrons. The van der Waals surface area contributed by atoms with Crippen LogP contribution in [0.5, 0.6) is 0 Å². The number of nitrogens with zero attached hydrogens (tertiary/aromatic N) is 2. The summed E-state index contributed by atoms with van der Waals surface area (Å²) in [4.78, 5) is 18.9. The molecule has 0 aromatic heterocycles. The van der Waals surface area contributed by atoms with Gasteiger partial charge in [0, 0.05) is 37.2 Å². The first-order valence-electron chi connectivity index (χ1n) is 7.61. The molecule has 0 saturated carbocycles. The molecule has 0 radical (unpaired) electrons. The molecule has 0 unspecified atom stereocenters. The number of halogens is 1. The molecule has 1 aliphatic rings. The molecule has 1 aliphatic heterocycles. The lowest BCUT2D eigenvalue weighted by atomic mass is 9.93. The van der Waals surface area contributed by atoms with Crippen molar-refractivity contribution in [2.45, 2.75) is 39.4 Å². The summed E-state index contributed by atoms with van der Waals surface area (Å²) < 4.78 is 0.241. The van der Waals surface area contributed by atoms with Gasteiger partial charge in [-0.15, -0.1) is 24.0 Å². The van der Waals surface area contributed by atoms with Crippen LogP contribution in [0.4, 0.5) is 0 Å². The standard InChI is InChI=1S/C15H30N4OS.HI/c1-7-17-13(18-10-14(2,3)12(20)16-6)19-8-9-21-15(4,5)11-19;/h7-11H2,1-6H3,(H,16,20)(H,17,18);1H. The first kappa shape index (κ1) is 21.8. The van der Waals surface area contributed by atoms with Gasteiger partial charge in [0.2, 0.25) is 5.91 Å². The molecule has 0 aliphatic carbocycles. The van der Waals surface area contributed by atoms with E-state index >= 15 is 0 Å². The van der Waals surface area contributed by atoms with Gasteiger partial charge in [0.15, 0.2) is 5.96 Å². The molecule has 22 heavy (non-hydrogen) atoms. The summed E-state index contributed by atoms with van der Waals surface area (Å²) in [5.74, 6) is 2.05. The second-order valence-corrected chi connectivity index (χ2v) is 8.46. The quantitative estimate of drug-likeness (QED) is 0.398. The lowest BCUT2D eigenvalue weighted by Gasteiger charge is -2.39. The predicted molar refractivity (Wildman–Crippen MR) is 107 cm³/mol. The van der Waals surface area contributed by atoms with Gasteiger partial charge in [-0.25, -0.2) is 0 Å². The van der Waals surface area contributed by atoms with Crippen molar-refractivity contribution in [2.24, 2.45) is 10.4 Å². The largest absolute Gasteiger partial charge is 0.359 e. The Morgan fingerprint density at radius 2 is 2.05 bits per heavy atom. The Morgan fingerprint density at radius 3 is 2.55 bits per heavy atom. The van der Waals surface area contributed by atoms with Gasteiger partial charge >= 0.3 is 0 Å². The Hall–Kier alpha value is -0.180. The van der Waals surface area contributed by atoms with Crippen LogP contribution in [0.3, 0.4) is 0 Å². The SMILES string of the molecule is CCNC(=NCC(C)(C)C(=O)NC)N1CCSC(C)(C)C1.I. The van der Waals surface area contributed by atoms with Crippen LogP contribution in [0.1, 0.15) is 34.6 Å². The van der Waals surface area contributed by atoms with Crippen molar-refractivity contribution in [1.29, 1.82) is 0 Å². The Morgan fingerprint density at radius 1 is 1.41 bits per heavy atom. The Labute approximate surface area is 156 Å². The van der Waals surface area contributed by atoms with Gasteiger partial charge in [0.25, 0.3) is 0 Å². The topological polar surface area (TPSA) is 56.7 Å². The zero-order valence-corrected chi connectivity index (χ0v) is 17.8. The summed E-state index contributed by atoms with van der Waals surface area (Å²) in [6.07, 6.45) is 0. The van der Waals surface area contributed by atoms with Gasteiger partial charge in [-0.3, -0.25) is 9.79 Å². The number of carbonyl (C=O) groups excluding carboxylic acids is 1. The molecule has 2 N–H and O–H groups in total. The molecular formula is C15H31IN4OS. The van der Waals surface area contributed by atoms with Gasteiger partial charge in [-0.2, -0.15) is 11.8 Å². The normalized spacial score (nSPS) is 18.5. The van der Waals surface area contributed by atoms with E-state index in [0.717, 1.165) is 31.3 Å². The van der Waals surface area contributed by atoms with Crippen LogP contribution in [0, 0.1) is 5.41 Å². The number of aliphatic imine (C=N–C) groups is 1. The average Bonchev–Trinajstić information content (AvgIpc) is 2.41. The molecule has 0 atom stereocenters. The zero-order chi connectivity index (χ0) is 16.1. The molecule has 0 aromatic carbocycles. The molecule has 1 amide bonds. The van der Waals surface area contributed by atoms with Gasteiger partial charge in [0.1, 0.15) is 0 Å². The van der Waals surface area contributed by atoms with Crippen molar-refractivity contribution in [3.8, 4) is 0 Å². The van der Waals surface area contributed by atoms with Crippen molar-refractivity contribution in [3.63, 3.8) is 0 Å². The highest BCUT2D eigenvalue weighted by molar-refractivity contribution is 14.0. The highest BCUT2D eigenvalue weighted by atomic mass is 127. The van der Waals surface area contributed by atoms with Gasteiger partial charge in [-0.05, 0) is 34.6 Å². The van der Waals surface area contributed by atoms with Crippen LogP contribution in [-0.2, 0) is 4.79 Å². The highest BCUT2D eigenvalue weighted by Crippen LogP contribution is 2.29. The number of nitrogens with one attached hydrogen (secondary N) is 2. The summed E-state index contributed by atoms with van der Waals surface area (Å²) in [7, 11) is 1.67. The van der Waals surface area contributed by atoms with E-state index in [0.29, 0.717) is 6.54 Å². The summed E-state index contributed by atoms with van der Waals surface area (Å²) in [5, 5.41) is 6.06. The van der Waals surface area contributed by atoms with Crippen molar-refractivity contribution >= 4 is 47.6 Å². The molecule has 1 heterocycles. The van der Waals surface area contributed by atoms with E-state index in [-0.39, 0.29) is 34.6 Å². The summed E-state index contributed by atoms with van der Waals surface area (Å²) >= 11 is 2.00. The van der Waals surface area contributed by atoms with Crippen LogP contribution in [0.2, 0.25) is 0 Å². The van der Waals surface area contributed by atoms with E-state index < -0.39 is 5.41 Å². The van der Waals surface area contributed by atoms with E-state index in [1.165, 1.54) is 0 Å². The number of thioether (sulfide) groups is 1. The van der Waals surface area contributed by atoms with E-state index in [1.54, 1.807) is 7.05 Å². The molecule has 0 bridgehead atoms. The average molecular weight is 442 g/mol. The molecule has 7 heteroatoms. The number of hydrogen-bond donors (Lipinski definition) is 2. The van der Waals surface area contributed by atoms with Gasteiger partial charge in [-0.1, -0.05) is 0 Å². The molecule has 1 saturated heterocycles. The van der Waals surface area contributed by atoms with Crippen LogP contribution < -0.4 is 10.6 Å². The van der Waals surface area contributed by atoms with Crippen molar-refractivity contribution in [3.05, 3.63) is 0 Å². The molecular weight excluding hydrogens is 411 g/mol. The van der Waals surface area contributed by atoms with Crippen molar-refractivity contribution in [2.75, 3.05) is 39.0 Å². The third kappa shape index (κ3) is 6.52. The highest BCUT2D eigenvalue weighted by Gasteiger charge is 2.30. The molecule has 0 spiro atoms. The summed E-state index contributed by atoms with van der Waals surface area (Å²) in [5.41, 5.74) is -0.491. The smallest absolute Gasteiger partial charge is 0.227 e. The second kappa shape index (κ2) is 9.20. The van der Waals surface area contributed by atoms with Crippen LogP contribution in [0.25, 0.3) is 0 Å². The fraction of sp³-hybridized carbons (Fsp3) is 0.867. The maximum absolute atomic E-state index is 11.9. The monoisotopic (exact) mass is 442 g/mol. The van der Waals surface area contributed by atoms with E-state index in [4.69, 9.17) is 4.99 Å². The Bertz CT molecular complexity index is 399. The molecule has 5 nitrogen and oxygen atoms in total.